The number of hydrogen-bond acceptors (Lipinski definition) is 4. The van der Waals surface area contributed by atoms with Crippen molar-refractivity contribution in [1.82, 2.24) is 15.1 Å². The first-order chi connectivity index (χ1) is 8.56. The molecule has 1 unspecified atom stereocenters. The number of likely N-dealkylation sites (N-methyl/N-ethyl adjacent to an activating group) is 2. The fourth-order valence-corrected chi connectivity index (χ4v) is 2.82. The Morgan fingerprint density at radius 3 is 2.83 bits per heavy atom. The average Bonchev–Trinajstić information content (AvgIpc) is 2.63. The molecule has 1 N–H and O–H groups in total. The Bertz CT molecular complexity index is 377. The van der Waals surface area contributed by atoms with E-state index < -0.39 is 0 Å². The summed E-state index contributed by atoms with van der Waals surface area (Å²) in [6, 6.07) is 2.57. The van der Waals surface area contributed by atoms with Gasteiger partial charge in [-0.2, -0.15) is 0 Å². The molecule has 102 valence electrons. The molecular weight excluding hydrogens is 362 g/mol. The van der Waals surface area contributed by atoms with Crippen LogP contribution in [-0.2, 0) is 6.54 Å². The molecule has 6 heteroatoms. The van der Waals surface area contributed by atoms with Gasteiger partial charge in [0.1, 0.15) is 5.76 Å². The fourth-order valence-electron chi connectivity index (χ4n) is 2.16. The highest BCUT2D eigenvalue weighted by Gasteiger charge is 2.21. The molecule has 0 spiro atoms. The summed E-state index contributed by atoms with van der Waals surface area (Å²) in [5, 5.41) is 3.46. The molecular formula is C12H19Br2N3O. The number of piperazine rings is 1. The second kappa shape index (κ2) is 6.52. The van der Waals surface area contributed by atoms with E-state index in [1.54, 1.807) is 0 Å². The van der Waals surface area contributed by atoms with Gasteiger partial charge in [-0.15, -0.1) is 0 Å². The third kappa shape index (κ3) is 3.81. The van der Waals surface area contributed by atoms with Crippen molar-refractivity contribution >= 4 is 31.9 Å². The van der Waals surface area contributed by atoms with E-state index in [-0.39, 0.29) is 0 Å². The summed E-state index contributed by atoms with van der Waals surface area (Å²) in [5.41, 5.74) is 0. The molecule has 0 bridgehead atoms. The zero-order valence-electron chi connectivity index (χ0n) is 10.7. The first-order valence-electron chi connectivity index (χ1n) is 6.09. The van der Waals surface area contributed by atoms with Crippen LogP contribution in [-0.4, -0.2) is 56.1 Å². The van der Waals surface area contributed by atoms with Gasteiger partial charge in [0.2, 0.25) is 0 Å². The van der Waals surface area contributed by atoms with E-state index >= 15 is 0 Å². The summed E-state index contributed by atoms with van der Waals surface area (Å²) < 4.78 is 7.26. The normalized spacial score (nSPS) is 22.6. The molecule has 1 aliphatic rings. The van der Waals surface area contributed by atoms with Gasteiger partial charge in [-0.3, -0.25) is 4.90 Å². The summed E-state index contributed by atoms with van der Waals surface area (Å²) in [6.45, 7) is 5.16. The van der Waals surface area contributed by atoms with Crippen LogP contribution in [0.1, 0.15) is 5.76 Å². The molecule has 1 atom stereocenters. The monoisotopic (exact) mass is 379 g/mol. The first kappa shape index (κ1) is 14.5. The van der Waals surface area contributed by atoms with Crippen LogP contribution in [0.15, 0.2) is 19.6 Å². The van der Waals surface area contributed by atoms with E-state index in [1.807, 2.05) is 6.07 Å². The van der Waals surface area contributed by atoms with Gasteiger partial charge in [0.05, 0.1) is 11.0 Å². The standard InChI is InChI=1S/C12H19Br2N3O/c1-16-3-4-17(2)9(8-16)6-15-7-10-5-11(13)12(14)18-10/h5,9,15H,3-4,6-8H2,1-2H3. The molecule has 1 aliphatic heterocycles. The van der Waals surface area contributed by atoms with E-state index in [2.05, 4.69) is 61.1 Å². The maximum Gasteiger partial charge on any atom is 0.183 e. The third-order valence-electron chi connectivity index (χ3n) is 3.36. The lowest BCUT2D eigenvalue weighted by molar-refractivity contribution is 0.113. The molecule has 4 nitrogen and oxygen atoms in total. The second-order valence-electron chi connectivity index (χ2n) is 4.86. The van der Waals surface area contributed by atoms with Gasteiger partial charge in [-0.25, -0.2) is 0 Å². The molecule has 0 saturated carbocycles. The number of nitrogens with one attached hydrogen (secondary N) is 1. The quantitative estimate of drug-likeness (QED) is 0.867. The molecule has 1 saturated heterocycles. The molecule has 0 aliphatic carbocycles. The molecule has 0 aromatic carbocycles. The Morgan fingerprint density at radius 2 is 2.17 bits per heavy atom. The van der Waals surface area contributed by atoms with E-state index in [4.69, 9.17) is 4.42 Å². The van der Waals surface area contributed by atoms with Crippen molar-refractivity contribution in [3.8, 4) is 0 Å². The lowest BCUT2D eigenvalue weighted by Crippen LogP contribution is -2.53. The zero-order valence-corrected chi connectivity index (χ0v) is 13.9. The Labute approximate surface area is 125 Å². The van der Waals surface area contributed by atoms with E-state index in [1.165, 1.54) is 0 Å². The Morgan fingerprint density at radius 1 is 1.39 bits per heavy atom. The molecule has 18 heavy (non-hydrogen) atoms. The van der Waals surface area contributed by atoms with Crippen molar-refractivity contribution in [1.29, 1.82) is 0 Å². The summed E-state index contributed by atoms with van der Waals surface area (Å²) in [6.07, 6.45) is 0. The molecule has 1 aromatic heterocycles. The van der Waals surface area contributed by atoms with E-state index in [0.717, 1.165) is 47.6 Å². The lowest BCUT2D eigenvalue weighted by atomic mass is 10.2. The van der Waals surface area contributed by atoms with Crippen LogP contribution >= 0.6 is 31.9 Å². The molecule has 2 heterocycles. The van der Waals surface area contributed by atoms with Crippen LogP contribution in [0.25, 0.3) is 0 Å². The number of rotatable bonds is 4. The predicted molar refractivity (Wildman–Crippen MR) is 79.7 cm³/mol. The molecule has 0 radical (unpaired) electrons. The van der Waals surface area contributed by atoms with Gasteiger partial charge in [0, 0.05) is 32.2 Å². The van der Waals surface area contributed by atoms with Crippen LogP contribution in [0, 0.1) is 0 Å². The summed E-state index contributed by atoms with van der Waals surface area (Å²) in [4.78, 5) is 4.80. The molecule has 0 amide bonds. The largest absolute Gasteiger partial charge is 0.452 e. The Hall–Kier alpha value is 0.120. The lowest BCUT2D eigenvalue weighted by Gasteiger charge is -2.37. The molecule has 1 fully saturated rings. The van der Waals surface area contributed by atoms with Crippen LogP contribution in [0.5, 0.6) is 0 Å². The fraction of sp³-hybridized carbons (Fsp3) is 0.667. The highest BCUT2D eigenvalue weighted by Crippen LogP contribution is 2.26. The number of nitrogens with zero attached hydrogens (tertiary/aromatic N) is 2. The minimum absolute atomic E-state index is 0.575. The van der Waals surface area contributed by atoms with Crippen molar-refractivity contribution in [2.75, 3.05) is 40.3 Å². The van der Waals surface area contributed by atoms with Crippen LogP contribution in [0.3, 0.4) is 0 Å². The summed E-state index contributed by atoms with van der Waals surface area (Å²) in [7, 11) is 4.38. The van der Waals surface area contributed by atoms with Crippen LogP contribution in [0.4, 0.5) is 0 Å². The maximum atomic E-state index is 5.53. The summed E-state index contributed by atoms with van der Waals surface area (Å²) >= 11 is 6.76. The van der Waals surface area contributed by atoms with Crippen molar-refractivity contribution < 1.29 is 4.42 Å². The van der Waals surface area contributed by atoms with E-state index in [9.17, 15) is 0 Å². The molecule has 1 aromatic rings. The predicted octanol–water partition coefficient (Wildman–Crippen LogP) is 2.14. The van der Waals surface area contributed by atoms with Gasteiger partial charge in [-0.1, -0.05) is 0 Å². The van der Waals surface area contributed by atoms with Crippen LogP contribution < -0.4 is 5.32 Å². The van der Waals surface area contributed by atoms with E-state index in [0.29, 0.717) is 6.04 Å². The second-order valence-corrected chi connectivity index (χ2v) is 6.44. The van der Waals surface area contributed by atoms with Crippen molar-refractivity contribution in [3.63, 3.8) is 0 Å². The number of hydrogen-bond donors (Lipinski definition) is 1. The van der Waals surface area contributed by atoms with Crippen molar-refractivity contribution in [3.05, 3.63) is 21.0 Å². The first-order valence-corrected chi connectivity index (χ1v) is 7.68. The van der Waals surface area contributed by atoms with Gasteiger partial charge < -0.3 is 14.6 Å². The Kier molecular flexibility index (Phi) is 5.26. The van der Waals surface area contributed by atoms with Gasteiger partial charge >= 0.3 is 0 Å². The van der Waals surface area contributed by atoms with Gasteiger partial charge in [0.15, 0.2) is 4.67 Å². The Balaban J connectivity index is 1.77. The average molecular weight is 381 g/mol. The topological polar surface area (TPSA) is 31.6 Å². The minimum Gasteiger partial charge on any atom is -0.452 e. The van der Waals surface area contributed by atoms with Crippen molar-refractivity contribution in [2.24, 2.45) is 0 Å². The number of halogens is 2. The highest BCUT2D eigenvalue weighted by molar-refractivity contribution is 9.13. The van der Waals surface area contributed by atoms with Crippen LogP contribution in [0.2, 0.25) is 0 Å². The van der Waals surface area contributed by atoms with Gasteiger partial charge in [0.25, 0.3) is 0 Å². The zero-order chi connectivity index (χ0) is 13.1. The summed E-state index contributed by atoms with van der Waals surface area (Å²) in [5.74, 6) is 0.945. The maximum absolute atomic E-state index is 5.53. The SMILES string of the molecule is CN1CCN(C)C(CNCc2cc(Br)c(Br)o2)C1. The molecule has 2 rings (SSSR count). The van der Waals surface area contributed by atoms with Gasteiger partial charge in [-0.05, 0) is 52.0 Å². The third-order valence-corrected chi connectivity index (χ3v) is 5.07. The van der Waals surface area contributed by atoms with Crippen molar-refractivity contribution in [2.45, 2.75) is 12.6 Å². The smallest absolute Gasteiger partial charge is 0.183 e. The minimum atomic E-state index is 0.575. The highest BCUT2D eigenvalue weighted by atomic mass is 79.9. The number of furan rings is 1.